The Bertz CT molecular complexity index is 586. The lowest BCUT2D eigenvalue weighted by Crippen LogP contribution is -2.44. The van der Waals surface area contributed by atoms with Crippen molar-refractivity contribution < 1.29 is 14.6 Å². The Labute approximate surface area is 129 Å². The molecule has 1 aromatic heterocycles. The Morgan fingerprint density at radius 1 is 1.38 bits per heavy atom. The molecule has 3 nitrogen and oxygen atoms in total. The van der Waals surface area contributed by atoms with Gasteiger partial charge < -0.3 is 9.84 Å². The van der Waals surface area contributed by atoms with Crippen LogP contribution in [0.5, 0.6) is 0 Å². The number of ether oxygens (including phenoxy) is 1. The molecule has 2 atom stereocenters. The highest BCUT2D eigenvalue weighted by Gasteiger charge is 2.43. The van der Waals surface area contributed by atoms with Crippen molar-refractivity contribution >= 4 is 27.4 Å². The number of hydrogen-bond donors (Lipinski definition) is 1. The molecule has 1 aromatic carbocycles. The molecule has 2 unspecified atom stereocenters. The fourth-order valence-corrected chi connectivity index (χ4v) is 3.79. The van der Waals surface area contributed by atoms with Crippen LogP contribution in [0.3, 0.4) is 0 Å². The maximum absolute atomic E-state index is 12.2. The maximum atomic E-state index is 12.2. The Morgan fingerprint density at radius 3 is 2.71 bits per heavy atom. The second kappa shape index (κ2) is 6.58. The first-order valence-corrected chi connectivity index (χ1v) is 8.22. The van der Waals surface area contributed by atoms with E-state index in [1.807, 2.05) is 32.0 Å². The van der Waals surface area contributed by atoms with Gasteiger partial charge in [0.1, 0.15) is 0 Å². The van der Waals surface area contributed by atoms with E-state index in [-0.39, 0.29) is 12.5 Å². The number of hydrogen-bond acceptors (Lipinski definition) is 4. The molecule has 4 heteroatoms. The van der Waals surface area contributed by atoms with Gasteiger partial charge in [-0.1, -0.05) is 38.5 Å². The van der Waals surface area contributed by atoms with E-state index in [1.165, 1.54) is 4.70 Å². The van der Waals surface area contributed by atoms with Gasteiger partial charge in [0.05, 0.1) is 6.61 Å². The smallest absolute Gasteiger partial charge is 0.338 e. The van der Waals surface area contributed by atoms with Gasteiger partial charge in [0.15, 0.2) is 5.60 Å². The third kappa shape index (κ3) is 3.11. The standard InChI is InChI=1S/C17H22O3S/c1-4-10-17(19,16(18)20-5-2)12(3)15-11-13-8-6-7-9-14(13)21-15/h6-9,11-12,19H,4-5,10H2,1-3H3. The summed E-state index contributed by atoms with van der Waals surface area (Å²) in [6.45, 7) is 5.90. The molecule has 0 radical (unpaired) electrons. The minimum absolute atomic E-state index is 0.282. The summed E-state index contributed by atoms with van der Waals surface area (Å²) in [5.41, 5.74) is -1.45. The predicted molar refractivity (Wildman–Crippen MR) is 86.7 cm³/mol. The number of rotatable bonds is 6. The zero-order valence-electron chi connectivity index (χ0n) is 12.8. The second-order valence-corrected chi connectivity index (χ2v) is 6.42. The molecular formula is C17H22O3S. The minimum atomic E-state index is -1.45. The number of carbonyl (C=O) groups is 1. The summed E-state index contributed by atoms with van der Waals surface area (Å²) in [7, 11) is 0. The van der Waals surface area contributed by atoms with Crippen LogP contribution < -0.4 is 0 Å². The molecular weight excluding hydrogens is 284 g/mol. The van der Waals surface area contributed by atoms with Crippen molar-refractivity contribution in [2.24, 2.45) is 0 Å². The SMILES string of the molecule is CCCC(O)(C(=O)OCC)C(C)c1cc2ccccc2s1. The van der Waals surface area contributed by atoms with Crippen molar-refractivity contribution in [2.75, 3.05) is 6.61 Å². The Balaban J connectivity index is 2.37. The lowest BCUT2D eigenvalue weighted by molar-refractivity contribution is -0.168. The molecule has 0 bridgehead atoms. The van der Waals surface area contributed by atoms with Crippen molar-refractivity contribution in [1.29, 1.82) is 0 Å². The first-order valence-electron chi connectivity index (χ1n) is 7.41. The van der Waals surface area contributed by atoms with E-state index in [4.69, 9.17) is 4.74 Å². The predicted octanol–water partition coefficient (Wildman–Crippen LogP) is 4.10. The molecule has 0 spiro atoms. The average Bonchev–Trinajstić information content (AvgIpc) is 2.90. The lowest BCUT2D eigenvalue weighted by atomic mass is 9.83. The number of benzene rings is 1. The van der Waals surface area contributed by atoms with Gasteiger partial charge in [-0.15, -0.1) is 11.3 Å². The second-order valence-electron chi connectivity index (χ2n) is 5.30. The summed E-state index contributed by atoms with van der Waals surface area (Å²) in [6.07, 6.45) is 1.13. The third-order valence-corrected chi connectivity index (χ3v) is 5.15. The van der Waals surface area contributed by atoms with E-state index >= 15 is 0 Å². The van der Waals surface area contributed by atoms with Crippen molar-refractivity contribution in [2.45, 2.75) is 45.1 Å². The highest BCUT2D eigenvalue weighted by atomic mass is 32.1. The lowest BCUT2D eigenvalue weighted by Gasteiger charge is -2.31. The summed E-state index contributed by atoms with van der Waals surface area (Å²) in [4.78, 5) is 13.2. The molecule has 0 amide bonds. The Hall–Kier alpha value is -1.39. The Morgan fingerprint density at radius 2 is 2.10 bits per heavy atom. The molecule has 0 saturated heterocycles. The normalized spacial score (nSPS) is 15.6. The molecule has 21 heavy (non-hydrogen) atoms. The fraction of sp³-hybridized carbons (Fsp3) is 0.471. The van der Waals surface area contributed by atoms with Gasteiger partial charge in [0, 0.05) is 15.5 Å². The van der Waals surface area contributed by atoms with E-state index in [9.17, 15) is 9.90 Å². The Kier molecular flexibility index (Phi) is 5.01. The highest BCUT2D eigenvalue weighted by Crippen LogP contribution is 2.39. The van der Waals surface area contributed by atoms with E-state index in [0.717, 1.165) is 16.7 Å². The fourth-order valence-electron chi connectivity index (χ4n) is 2.58. The van der Waals surface area contributed by atoms with Crippen LogP contribution in [0, 0.1) is 0 Å². The number of thiophene rings is 1. The number of carbonyl (C=O) groups excluding carboxylic acids is 1. The van der Waals surface area contributed by atoms with E-state index in [0.29, 0.717) is 6.42 Å². The minimum Gasteiger partial charge on any atom is -0.464 e. The summed E-state index contributed by atoms with van der Waals surface area (Å²) in [5.74, 6) is -0.800. The van der Waals surface area contributed by atoms with Crippen LogP contribution in [0.1, 0.15) is 44.4 Å². The van der Waals surface area contributed by atoms with Gasteiger partial charge in [-0.05, 0) is 30.9 Å². The van der Waals surface area contributed by atoms with Gasteiger partial charge in [0.2, 0.25) is 0 Å². The maximum Gasteiger partial charge on any atom is 0.338 e. The molecule has 1 heterocycles. The van der Waals surface area contributed by atoms with Crippen LogP contribution in [0.4, 0.5) is 0 Å². The summed E-state index contributed by atoms with van der Waals surface area (Å²) in [5, 5.41) is 12.0. The number of aliphatic hydroxyl groups is 1. The van der Waals surface area contributed by atoms with Gasteiger partial charge in [0.25, 0.3) is 0 Å². The third-order valence-electron chi connectivity index (χ3n) is 3.85. The highest BCUT2D eigenvalue weighted by molar-refractivity contribution is 7.19. The average molecular weight is 306 g/mol. The molecule has 0 aliphatic rings. The van der Waals surface area contributed by atoms with E-state index in [1.54, 1.807) is 18.3 Å². The van der Waals surface area contributed by atoms with Gasteiger partial charge in [-0.25, -0.2) is 4.79 Å². The van der Waals surface area contributed by atoms with E-state index in [2.05, 4.69) is 12.1 Å². The molecule has 0 fully saturated rings. The topological polar surface area (TPSA) is 46.5 Å². The summed E-state index contributed by atoms with van der Waals surface area (Å²) in [6, 6.07) is 10.2. The molecule has 2 rings (SSSR count). The van der Waals surface area contributed by atoms with Crippen LogP contribution in [0.2, 0.25) is 0 Å². The molecule has 114 valence electrons. The van der Waals surface area contributed by atoms with Crippen molar-refractivity contribution in [1.82, 2.24) is 0 Å². The van der Waals surface area contributed by atoms with Crippen molar-refractivity contribution in [3.63, 3.8) is 0 Å². The zero-order valence-corrected chi connectivity index (χ0v) is 13.6. The van der Waals surface area contributed by atoms with Crippen molar-refractivity contribution in [3.8, 4) is 0 Å². The van der Waals surface area contributed by atoms with Crippen LogP contribution in [0.25, 0.3) is 10.1 Å². The van der Waals surface area contributed by atoms with Crippen LogP contribution >= 0.6 is 11.3 Å². The first-order chi connectivity index (χ1) is 10.0. The summed E-state index contributed by atoms with van der Waals surface area (Å²) < 4.78 is 6.26. The van der Waals surface area contributed by atoms with E-state index < -0.39 is 11.6 Å². The molecule has 0 aliphatic carbocycles. The largest absolute Gasteiger partial charge is 0.464 e. The van der Waals surface area contributed by atoms with Crippen molar-refractivity contribution in [3.05, 3.63) is 35.2 Å². The number of fused-ring (bicyclic) bond motifs is 1. The van der Waals surface area contributed by atoms with Gasteiger partial charge in [-0.3, -0.25) is 0 Å². The number of esters is 1. The van der Waals surface area contributed by atoms with Crippen LogP contribution in [-0.4, -0.2) is 23.3 Å². The zero-order chi connectivity index (χ0) is 15.5. The quantitative estimate of drug-likeness (QED) is 0.817. The molecule has 0 saturated carbocycles. The van der Waals surface area contributed by atoms with Gasteiger partial charge in [-0.2, -0.15) is 0 Å². The van der Waals surface area contributed by atoms with Crippen LogP contribution in [-0.2, 0) is 9.53 Å². The molecule has 1 N–H and O–H groups in total. The van der Waals surface area contributed by atoms with Crippen LogP contribution in [0.15, 0.2) is 30.3 Å². The first kappa shape index (κ1) is 16.0. The molecule has 2 aromatic rings. The molecule has 0 aliphatic heterocycles. The monoisotopic (exact) mass is 306 g/mol. The summed E-state index contributed by atoms with van der Waals surface area (Å²) >= 11 is 1.63. The van der Waals surface area contributed by atoms with Gasteiger partial charge >= 0.3 is 5.97 Å².